The molecule has 0 aromatic heterocycles. The van der Waals surface area contributed by atoms with Gasteiger partial charge in [-0.2, -0.15) is 0 Å². The van der Waals surface area contributed by atoms with E-state index >= 15 is 0 Å². The Labute approximate surface area is 64.6 Å². The van der Waals surface area contributed by atoms with Crippen LogP contribution in [0, 0.1) is 0 Å². The van der Waals surface area contributed by atoms with Crippen LogP contribution in [0.25, 0.3) is 0 Å². The molecule has 0 saturated carbocycles. The number of halogens is 1. The van der Waals surface area contributed by atoms with Crippen molar-refractivity contribution in [3.63, 3.8) is 0 Å². The number of rotatable bonds is 1. The van der Waals surface area contributed by atoms with Crippen LogP contribution in [0.4, 0.5) is 0 Å². The Morgan fingerprint density at radius 1 is 1.80 bits per heavy atom. The van der Waals surface area contributed by atoms with Crippen LogP contribution >= 0.6 is 11.6 Å². The van der Waals surface area contributed by atoms with Crippen LogP contribution in [0.2, 0.25) is 0 Å². The van der Waals surface area contributed by atoms with Gasteiger partial charge in [0.25, 0.3) is 0 Å². The summed E-state index contributed by atoms with van der Waals surface area (Å²) in [6.45, 7) is 1.47. The highest BCUT2D eigenvalue weighted by atomic mass is 35.5. The van der Waals surface area contributed by atoms with Gasteiger partial charge in [-0.1, -0.05) is 11.6 Å². The molecule has 0 N–H and O–H groups in total. The standard InChI is InChI=1S/C7H8ClNO/c1-5(10)7-6(8)3-2-4-9-7/h4H,2-3H2,1H3. The minimum atomic E-state index is -0.0547. The molecular weight excluding hydrogens is 150 g/mol. The van der Waals surface area contributed by atoms with E-state index in [0.29, 0.717) is 10.7 Å². The predicted octanol–water partition coefficient (Wildman–Crippen LogP) is 1.89. The van der Waals surface area contributed by atoms with E-state index in [0.717, 1.165) is 12.8 Å². The second-order valence-corrected chi connectivity index (χ2v) is 2.62. The highest BCUT2D eigenvalue weighted by Gasteiger charge is 2.10. The van der Waals surface area contributed by atoms with Gasteiger partial charge in [0.05, 0.1) is 0 Å². The van der Waals surface area contributed by atoms with Crippen molar-refractivity contribution in [2.75, 3.05) is 0 Å². The Morgan fingerprint density at radius 3 is 2.90 bits per heavy atom. The molecule has 0 unspecified atom stereocenters. The maximum atomic E-state index is 10.8. The van der Waals surface area contributed by atoms with Crippen molar-refractivity contribution in [1.82, 2.24) is 0 Å². The lowest BCUT2D eigenvalue weighted by atomic mass is 10.2. The van der Waals surface area contributed by atoms with Crippen molar-refractivity contribution in [3.8, 4) is 0 Å². The number of carbonyl (C=O) groups excluding carboxylic acids is 1. The van der Waals surface area contributed by atoms with Crippen molar-refractivity contribution in [3.05, 3.63) is 10.7 Å². The van der Waals surface area contributed by atoms with Gasteiger partial charge < -0.3 is 0 Å². The zero-order chi connectivity index (χ0) is 7.56. The van der Waals surface area contributed by atoms with Crippen LogP contribution < -0.4 is 0 Å². The number of hydrogen-bond donors (Lipinski definition) is 0. The molecule has 1 rings (SSSR count). The molecule has 0 amide bonds. The Hall–Kier alpha value is -0.630. The summed E-state index contributed by atoms with van der Waals surface area (Å²) in [5, 5.41) is 0.593. The minimum absolute atomic E-state index is 0.0547. The zero-order valence-corrected chi connectivity index (χ0v) is 6.48. The van der Waals surface area contributed by atoms with Gasteiger partial charge in [0, 0.05) is 18.2 Å². The first-order valence-corrected chi connectivity index (χ1v) is 3.51. The predicted molar refractivity (Wildman–Crippen MR) is 41.3 cm³/mol. The van der Waals surface area contributed by atoms with Gasteiger partial charge in [-0.05, 0) is 12.8 Å². The first-order valence-electron chi connectivity index (χ1n) is 3.14. The van der Waals surface area contributed by atoms with E-state index in [1.807, 2.05) is 0 Å². The molecule has 0 fully saturated rings. The van der Waals surface area contributed by atoms with Gasteiger partial charge >= 0.3 is 0 Å². The lowest BCUT2D eigenvalue weighted by Crippen LogP contribution is -2.01. The fraction of sp³-hybridized carbons (Fsp3) is 0.429. The van der Waals surface area contributed by atoms with Crippen LogP contribution in [0.15, 0.2) is 15.7 Å². The third-order valence-corrected chi connectivity index (χ3v) is 1.67. The highest BCUT2D eigenvalue weighted by Crippen LogP contribution is 2.20. The molecule has 0 aromatic carbocycles. The van der Waals surface area contributed by atoms with Gasteiger partial charge in [0.15, 0.2) is 5.78 Å². The van der Waals surface area contributed by atoms with E-state index in [9.17, 15) is 4.79 Å². The molecule has 3 heteroatoms. The Bertz CT molecular complexity index is 218. The van der Waals surface area contributed by atoms with Crippen molar-refractivity contribution in [2.45, 2.75) is 19.8 Å². The van der Waals surface area contributed by atoms with E-state index < -0.39 is 0 Å². The number of aliphatic imine (C=N–C) groups is 1. The van der Waals surface area contributed by atoms with Crippen LogP contribution in [0.1, 0.15) is 19.8 Å². The van der Waals surface area contributed by atoms with E-state index in [4.69, 9.17) is 11.6 Å². The van der Waals surface area contributed by atoms with Crippen molar-refractivity contribution in [1.29, 1.82) is 0 Å². The molecule has 0 atom stereocenters. The summed E-state index contributed by atoms with van der Waals surface area (Å²) in [6, 6.07) is 0. The van der Waals surface area contributed by atoms with Crippen LogP contribution in [-0.4, -0.2) is 12.0 Å². The molecule has 0 spiro atoms. The van der Waals surface area contributed by atoms with Gasteiger partial charge in [0.1, 0.15) is 5.70 Å². The molecule has 54 valence electrons. The molecule has 0 radical (unpaired) electrons. The maximum Gasteiger partial charge on any atom is 0.179 e. The topological polar surface area (TPSA) is 29.4 Å². The average Bonchev–Trinajstić information content (AvgIpc) is 1.88. The van der Waals surface area contributed by atoms with Gasteiger partial charge in [0.2, 0.25) is 0 Å². The molecule has 0 aromatic rings. The van der Waals surface area contributed by atoms with Gasteiger partial charge in [-0.15, -0.1) is 0 Å². The van der Waals surface area contributed by atoms with Crippen molar-refractivity contribution < 1.29 is 4.79 Å². The zero-order valence-electron chi connectivity index (χ0n) is 5.72. The summed E-state index contributed by atoms with van der Waals surface area (Å²) in [5.74, 6) is -0.0547. The van der Waals surface area contributed by atoms with Gasteiger partial charge in [-0.3, -0.25) is 9.79 Å². The summed E-state index contributed by atoms with van der Waals surface area (Å²) >= 11 is 5.72. The summed E-state index contributed by atoms with van der Waals surface area (Å²) < 4.78 is 0. The summed E-state index contributed by atoms with van der Waals surface area (Å²) in [6.07, 6.45) is 3.32. The van der Waals surface area contributed by atoms with Crippen LogP contribution in [0.5, 0.6) is 0 Å². The smallest absolute Gasteiger partial charge is 0.179 e. The molecule has 0 aliphatic carbocycles. The monoisotopic (exact) mass is 157 g/mol. The molecular formula is C7H8ClNO. The number of nitrogens with zero attached hydrogens (tertiary/aromatic N) is 1. The molecule has 0 bridgehead atoms. The number of allylic oxidation sites excluding steroid dienone is 2. The minimum Gasteiger partial charge on any atom is -0.293 e. The number of carbonyl (C=O) groups is 1. The molecule has 1 heterocycles. The Balaban J connectivity index is 2.90. The Kier molecular flexibility index (Phi) is 2.22. The summed E-state index contributed by atoms with van der Waals surface area (Å²) in [4.78, 5) is 14.6. The molecule has 0 saturated heterocycles. The molecule has 1 aliphatic heterocycles. The third-order valence-electron chi connectivity index (χ3n) is 1.30. The third kappa shape index (κ3) is 1.45. The fourth-order valence-electron chi connectivity index (χ4n) is 0.817. The second kappa shape index (κ2) is 2.97. The summed E-state index contributed by atoms with van der Waals surface area (Å²) in [5.41, 5.74) is 0.424. The summed E-state index contributed by atoms with van der Waals surface area (Å²) in [7, 11) is 0. The van der Waals surface area contributed by atoms with E-state index in [2.05, 4.69) is 4.99 Å². The first kappa shape index (κ1) is 7.48. The largest absolute Gasteiger partial charge is 0.293 e. The van der Waals surface area contributed by atoms with E-state index in [-0.39, 0.29) is 5.78 Å². The van der Waals surface area contributed by atoms with Gasteiger partial charge in [-0.25, -0.2) is 0 Å². The second-order valence-electron chi connectivity index (χ2n) is 2.16. The number of ketones is 1. The lowest BCUT2D eigenvalue weighted by molar-refractivity contribution is -0.113. The SMILES string of the molecule is CC(=O)C1=C(Cl)CCC=N1. The molecule has 1 aliphatic rings. The Morgan fingerprint density at radius 2 is 2.50 bits per heavy atom. The van der Waals surface area contributed by atoms with E-state index in [1.54, 1.807) is 6.21 Å². The van der Waals surface area contributed by atoms with Crippen LogP contribution in [0.3, 0.4) is 0 Å². The molecule has 10 heavy (non-hydrogen) atoms. The normalized spacial score (nSPS) is 17.8. The fourth-order valence-corrected chi connectivity index (χ4v) is 1.11. The quantitative estimate of drug-likeness (QED) is 0.572. The molecule has 2 nitrogen and oxygen atoms in total. The highest BCUT2D eigenvalue weighted by molar-refractivity contribution is 6.32. The van der Waals surface area contributed by atoms with Crippen molar-refractivity contribution in [2.24, 2.45) is 4.99 Å². The maximum absolute atomic E-state index is 10.8. The first-order chi connectivity index (χ1) is 4.72. The number of hydrogen-bond acceptors (Lipinski definition) is 2. The van der Waals surface area contributed by atoms with E-state index in [1.165, 1.54) is 6.92 Å². The van der Waals surface area contributed by atoms with Crippen molar-refractivity contribution >= 4 is 23.6 Å². The lowest BCUT2D eigenvalue weighted by Gasteiger charge is -2.05. The average molecular weight is 158 g/mol. The van der Waals surface area contributed by atoms with Crippen LogP contribution in [-0.2, 0) is 4.79 Å². The number of Topliss-reactive ketones (excluding diaryl/α,β-unsaturated/α-hetero) is 1.